The van der Waals surface area contributed by atoms with Crippen molar-refractivity contribution in [3.05, 3.63) is 110 Å². The number of methoxy groups -OCH3 is 1. The fourth-order valence-electron chi connectivity index (χ4n) is 4.61. The van der Waals surface area contributed by atoms with E-state index < -0.39 is 6.04 Å². The van der Waals surface area contributed by atoms with Crippen LogP contribution in [0.4, 0.5) is 0 Å². The summed E-state index contributed by atoms with van der Waals surface area (Å²) in [5.41, 5.74) is 3.02. The van der Waals surface area contributed by atoms with Crippen molar-refractivity contribution < 1.29 is 18.7 Å². The number of carbonyl (C=O) groups excluding carboxylic acids is 1. The number of amides is 1. The maximum atomic E-state index is 13.7. The highest BCUT2D eigenvalue weighted by Gasteiger charge is 2.42. The Bertz CT molecular complexity index is 1480. The fraction of sp³-hybridized carbons (Fsp3) is 0.241. The molecule has 184 valence electrons. The Balaban J connectivity index is 1.58. The van der Waals surface area contributed by atoms with E-state index in [9.17, 15) is 9.59 Å². The molecule has 36 heavy (non-hydrogen) atoms. The zero-order valence-corrected chi connectivity index (χ0v) is 20.9. The predicted octanol–water partition coefficient (Wildman–Crippen LogP) is 5.92. The number of nitrogens with zero attached hydrogens (tertiary/aromatic N) is 1. The summed E-state index contributed by atoms with van der Waals surface area (Å²) >= 11 is 6.32. The van der Waals surface area contributed by atoms with Gasteiger partial charge in [-0.05, 0) is 54.3 Å². The van der Waals surface area contributed by atoms with E-state index in [0.29, 0.717) is 53.5 Å². The molecule has 1 atom stereocenters. The molecular weight excluding hydrogens is 478 g/mol. The lowest BCUT2D eigenvalue weighted by atomic mass is 9.98. The van der Waals surface area contributed by atoms with Crippen molar-refractivity contribution >= 4 is 28.5 Å². The zero-order chi connectivity index (χ0) is 25.2. The lowest BCUT2D eigenvalue weighted by molar-refractivity contribution is 0.0707. The van der Waals surface area contributed by atoms with E-state index in [0.717, 1.165) is 16.7 Å². The van der Waals surface area contributed by atoms with E-state index in [2.05, 4.69) is 0 Å². The number of hydrogen-bond donors (Lipinski definition) is 0. The van der Waals surface area contributed by atoms with E-state index >= 15 is 0 Å². The molecule has 1 aliphatic rings. The molecule has 0 radical (unpaired) electrons. The van der Waals surface area contributed by atoms with Crippen LogP contribution in [0.1, 0.15) is 45.3 Å². The number of benzene rings is 3. The average molecular weight is 504 g/mol. The number of aryl methyl sites for hydroxylation is 1. The van der Waals surface area contributed by atoms with Gasteiger partial charge in [0.1, 0.15) is 17.9 Å². The number of rotatable bonds is 8. The SMILES string of the molecule is COCCCN1C(=O)c2oc3cc(C)c(Cl)cc3c(=O)c2C1c1cccc(OCc2ccccc2)c1. The van der Waals surface area contributed by atoms with Crippen LogP contribution in [-0.4, -0.2) is 31.1 Å². The van der Waals surface area contributed by atoms with Crippen LogP contribution in [0.2, 0.25) is 5.02 Å². The summed E-state index contributed by atoms with van der Waals surface area (Å²) in [6.45, 7) is 3.14. The molecular formula is C29H26ClNO5. The number of hydrogen-bond acceptors (Lipinski definition) is 5. The van der Waals surface area contributed by atoms with E-state index in [1.807, 2.05) is 61.5 Å². The van der Waals surface area contributed by atoms with Crippen LogP contribution in [0, 0.1) is 6.92 Å². The summed E-state index contributed by atoms with van der Waals surface area (Å²) in [5.74, 6) is 0.415. The average Bonchev–Trinajstić information content (AvgIpc) is 3.17. The van der Waals surface area contributed by atoms with Gasteiger partial charge in [-0.1, -0.05) is 54.1 Å². The third kappa shape index (κ3) is 4.50. The summed E-state index contributed by atoms with van der Waals surface area (Å²) in [6.07, 6.45) is 0.621. The molecule has 0 fully saturated rings. The normalized spacial score (nSPS) is 14.9. The van der Waals surface area contributed by atoms with Crippen molar-refractivity contribution in [2.75, 3.05) is 20.3 Å². The van der Waals surface area contributed by atoms with E-state index in [1.165, 1.54) is 0 Å². The van der Waals surface area contributed by atoms with Gasteiger partial charge in [0, 0.05) is 25.3 Å². The zero-order valence-electron chi connectivity index (χ0n) is 20.1. The molecule has 0 aliphatic carbocycles. The first-order valence-electron chi connectivity index (χ1n) is 11.8. The molecule has 4 aromatic rings. The summed E-state index contributed by atoms with van der Waals surface area (Å²) in [4.78, 5) is 28.9. The van der Waals surface area contributed by atoms with Crippen LogP contribution < -0.4 is 10.2 Å². The smallest absolute Gasteiger partial charge is 0.290 e. The first kappa shape index (κ1) is 24.1. The summed E-state index contributed by atoms with van der Waals surface area (Å²) in [5, 5.41) is 0.834. The number of fused-ring (bicyclic) bond motifs is 2. The Labute approximate surface area is 214 Å². The van der Waals surface area contributed by atoms with E-state index in [1.54, 1.807) is 24.1 Å². The van der Waals surface area contributed by atoms with Gasteiger partial charge in [-0.15, -0.1) is 0 Å². The topological polar surface area (TPSA) is 69.0 Å². The molecule has 5 rings (SSSR count). The molecule has 1 aromatic heterocycles. The fourth-order valence-corrected chi connectivity index (χ4v) is 4.78. The highest BCUT2D eigenvalue weighted by atomic mass is 35.5. The maximum Gasteiger partial charge on any atom is 0.290 e. The van der Waals surface area contributed by atoms with Gasteiger partial charge in [-0.25, -0.2) is 0 Å². The van der Waals surface area contributed by atoms with Gasteiger partial charge in [0.25, 0.3) is 5.91 Å². The molecule has 0 spiro atoms. The first-order valence-corrected chi connectivity index (χ1v) is 12.2. The lowest BCUT2D eigenvalue weighted by Gasteiger charge is -2.25. The van der Waals surface area contributed by atoms with E-state index in [-0.39, 0.29) is 17.1 Å². The van der Waals surface area contributed by atoms with Crippen LogP contribution in [0.25, 0.3) is 11.0 Å². The summed E-state index contributed by atoms with van der Waals surface area (Å²) in [6, 6.07) is 20.1. The van der Waals surface area contributed by atoms with Crippen molar-refractivity contribution in [3.63, 3.8) is 0 Å². The van der Waals surface area contributed by atoms with Crippen molar-refractivity contribution in [2.45, 2.75) is 26.0 Å². The molecule has 7 heteroatoms. The number of halogens is 1. The van der Waals surface area contributed by atoms with Crippen molar-refractivity contribution in [3.8, 4) is 5.75 Å². The summed E-state index contributed by atoms with van der Waals surface area (Å²) in [7, 11) is 1.62. The Morgan fingerprint density at radius 3 is 2.61 bits per heavy atom. The standard InChI is InChI=1S/C29H26ClNO5/c1-18-14-24-22(16-23(18)30)27(32)25-26(31(12-7-13-34-2)29(33)28(25)36-24)20-10-6-11-21(15-20)35-17-19-8-4-3-5-9-19/h3-6,8-11,14-16,26H,7,12-13,17H2,1-2H3. The highest BCUT2D eigenvalue weighted by molar-refractivity contribution is 6.32. The third-order valence-electron chi connectivity index (χ3n) is 6.42. The van der Waals surface area contributed by atoms with Crippen molar-refractivity contribution in [1.29, 1.82) is 0 Å². The molecule has 0 saturated carbocycles. The number of ether oxygens (including phenoxy) is 2. The Morgan fingerprint density at radius 2 is 1.83 bits per heavy atom. The monoisotopic (exact) mass is 503 g/mol. The second-order valence-corrected chi connectivity index (χ2v) is 9.27. The third-order valence-corrected chi connectivity index (χ3v) is 6.82. The minimum atomic E-state index is -0.606. The van der Waals surface area contributed by atoms with Crippen LogP contribution in [0.15, 0.2) is 75.9 Å². The quantitative estimate of drug-likeness (QED) is 0.279. The largest absolute Gasteiger partial charge is 0.489 e. The molecule has 1 unspecified atom stereocenters. The van der Waals surface area contributed by atoms with Crippen LogP contribution in [0.5, 0.6) is 5.75 Å². The van der Waals surface area contributed by atoms with Gasteiger partial charge in [0.2, 0.25) is 5.76 Å². The predicted molar refractivity (Wildman–Crippen MR) is 139 cm³/mol. The highest BCUT2D eigenvalue weighted by Crippen LogP contribution is 2.39. The first-order chi connectivity index (χ1) is 17.5. The van der Waals surface area contributed by atoms with Crippen LogP contribution >= 0.6 is 11.6 Å². The van der Waals surface area contributed by atoms with Gasteiger partial charge >= 0.3 is 0 Å². The molecule has 1 aliphatic heterocycles. The minimum Gasteiger partial charge on any atom is -0.489 e. The second-order valence-electron chi connectivity index (χ2n) is 8.87. The maximum absolute atomic E-state index is 13.7. The Morgan fingerprint density at radius 1 is 1.03 bits per heavy atom. The van der Waals surface area contributed by atoms with Crippen LogP contribution in [0.3, 0.4) is 0 Å². The molecule has 0 N–H and O–H groups in total. The van der Waals surface area contributed by atoms with Gasteiger partial charge in [-0.2, -0.15) is 0 Å². The summed E-state index contributed by atoms with van der Waals surface area (Å²) < 4.78 is 17.3. The Kier molecular flexibility index (Phi) is 6.81. The molecule has 0 bridgehead atoms. The van der Waals surface area contributed by atoms with Crippen LogP contribution in [-0.2, 0) is 11.3 Å². The van der Waals surface area contributed by atoms with Crippen molar-refractivity contribution in [1.82, 2.24) is 4.90 Å². The van der Waals surface area contributed by atoms with Gasteiger partial charge in [0.05, 0.1) is 17.0 Å². The van der Waals surface area contributed by atoms with Gasteiger partial charge in [0.15, 0.2) is 5.43 Å². The minimum absolute atomic E-state index is 0.0762. The lowest BCUT2D eigenvalue weighted by Crippen LogP contribution is -2.31. The van der Waals surface area contributed by atoms with Crippen molar-refractivity contribution in [2.24, 2.45) is 0 Å². The number of carbonyl (C=O) groups is 1. The second kappa shape index (κ2) is 10.2. The molecule has 2 heterocycles. The molecule has 6 nitrogen and oxygen atoms in total. The molecule has 0 saturated heterocycles. The molecule has 1 amide bonds. The van der Waals surface area contributed by atoms with E-state index in [4.69, 9.17) is 25.5 Å². The molecule has 3 aromatic carbocycles. The Hall–Kier alpha value is -3.61. The van der Waals surface area contributed by atoms with Gasteiger partial charge in [-0.3, -0.25) is 9.59 Å². The van der Waals surface area contributed by atoms with Gasteiger partial charge < -0.3 is 18.8 Å².